The van der Waals surface area contributed by atoms with Crippen molar-refractivity contribution in [2.24, 2.45) is 0 Å². The Morgan fingerprint density at radius 3 is 2.76 bits per heavy atom. The third kappa shape index (κ3) is 2.95. The molecule has 1 unspecified atom stereocenters. The zero-order valence-corrected chi connectivity index (χ0v) is 12.6. The molecule has 114 valence electrons. The van der Waals surface area contributed by atoms with Crippen molar-refractivity contribution in [2.75, 3.05) is 26.7 Å². The number of halogens is 1. The molecule has 4 heteroatoms. The van der Waals surface area contributed by atoms with E-state index in [9.17, 15) is 9.18 Å². The number of piperidine rings is 1. The van der Waals surface area contributed by atoms with Crippen LogP contribution in [0.15, 0.2) is 24.3 Å². The molecule has 2 saturated heterocycles. The first-order valence-corrected chi connectivity index (χ1v) is 7.83. The molecule has 0 bridgehead atoms. The Morgan fingerprint density at radius 1 is 1.29 bits per heavy atom. The van der Waals surface area contributed by atoms with Crippen molar-refractivity contribution >= 4 is 5.91 Å². The van der Waals surface area contributed by atoms with E-state index in [4.69, 9.17) is 0 Å². The highest BCUT2D eigenvalue weighted by Crippen LogP contribution is 2.36. The summed E-state index contributed by atoms with van der Waals surface area (Å²) in [4.78, 5) is 16.9. The van der Waals surface area contributed by atoms with Crippen LogP contribution in [0, 0.1) is 5.82 Å². The summed E-state index contributed by atoms with van der Waals surface area (Å²) in [5.74, 6) is -0.147. The van der Waals surface area contributed by atoms with E-state index in [1.165, 1.54) is 31.4 Å². The van der Waals surface area contributed by atoms with Gasteiger partial charge in [0.1, 0.15) is 5.82 Å². The van der Waals surface area contributed by atoms with Crippen LogP contribution in [0.5, 0.6) is 0 Å². The Labute approximate surface area is 125 Å². The maximum absolute atomic E-state index is 13.2. The predicted molar refractivity (Wildman–Crippen MR) is 80.5 cm³/mol. The molecule has 3 nitrogen and oxygen atoms in total. The zero-order valence-electron chi connectivity index (χ0n) is 12.6. The summed E-state index contributed by atoms with van der Waals surface area (Å²) in [6.45, 7) is 2.80. The lowest BCUT2D eigenvalue weighted by molar-refractivity contribution is -0.134. The lowest BCUT2D eigenvalue weighted by Gasteiger charge is -2.44. The monoisotopic (exact) mass is 290 g/mol. The second-order valence-electron chi connectivity index (χ2n) is 6.47. The number of hydrogen-bond acceptors (Lipinski definition) is 2. The minimum Gasteiger partial charge on any atom is -0.341 e. The fourth-order valence-electron chi connectivity index (χ4n) is 3.85. The third-order valence-electron chi connectivity index (χ3n) is 5.10. The highest BCUT2D eigenvalue weighted by atomic mass is 19.1. The summed E-state index contributed by atoms with van der Waals surface area (Å²) in [7, 11) is 2.17. The number of amides is 1. The number of nitrogens with zero attached hydrogens (tertiary/aromatic N) is 2. The van der Waals surface area contributed by atoms with Crippen molar-refractivity contribution in [3.8, 4) is 0 Å². The van der Waals surface area contributed by atoms with Gasteiger partial charge in [0.15, 0.2) is 0 Å². The molecular formula is C17H23FN2O. The van der Waals surface area contributed by atoms with Crippen molar-refractivity contribution in [2.45, 2.75) is 37.6 Å². The molecule has 2 aliphatic heterocycles. The molecule has 0 saturated carbocycles. The number of rotatable bonds is 2. The van der Waals surface area contributed by atoms with Crippen molar-refractivity contribution < 1.29 is 9.18 Å². The molecule has 1 spiro atoms. The van der Waals surface area contributed by atoms with Crippen LogP contribution in [0.25, 0.3) is 0 Å². The normalized spacial score (nSPS) is 26.5. The van der Waals surface area contributed by atoms with Gasteiger partial charge in [-0.3, -0.25) is 9.69 Å². The molecule has 0 aliphatic carbocycles. The van der Waals surface area contributed by atoms with E-state index in [1.54, 1.807) is 6.07 Å². The van der Waals surface area contributed by atoms with E-state index in [1.807, 2.05) is 11.0 Å². The molecule has 2 fully saturated rings. The van der Waals surface area contributed by atoms with Crippen LogP contribution in [0.2, 0.25) is 0 Å². The smallest absolute Gasteiger partial charge is 0.227 e. The molecular weight excluding hydrogens is 267 g/mol. The highest BCUT2D eigenvalue weighted by Gasteiger charge is 2.42. The van der Waals surface area contributed by atoms with Crippen LogP contribution in [0.3, 0.4) is 0 Å². The minimum atomic E-state index is -0.272. The van der Waals surface area contributed by atoms with Gasteiger partial charge in [0.2, 0.25) is 5.91 Å². The molecule has 2 heterocycles. The van der Waals surface area contributed by atoms with Gasteiger partial charge in [0.25, 0.3) is 0 Å². The van der Waals surface area contributed by atoms with Crippen molar-refractivity contribution in [1.29, 1.82) is 0 Å². The second-order valence-corrected chi connectivity index (χ2v) is 6.47. The van der Waals surface area contributed by atoms with Crippen molar-refractivity contribution in [1.82, 2.24) is 9.80 Å². The van der Waals surface area contributed by atoms with Crippen LogP contribution in [-0.2, 0) is 11.2 Å². The first-order valence-electron chi connectivity index (χ1n) is 7.83. The van der Waals surface area contributed by atoms with Crippen LogP contribution in [-0.4, -0.2) is 47.9 Å². The SMILES string of the molecule is CN1CCCC12CCCN(C(=O)Cc1cccc(F)c1)C2. The highest BCUT2D eigenvalue weighted by molar-refractivity contribution is 5.79. The summed E-state index contributed by atoms with van der Waals surface area (Å²) in [5, 5.41) is 0. The van der Waals surface area contributed by atoms with Crippen LogP contribution >= 0.6 is 0 Å². The molecule has 0 radical (unpaired) electrons. The Kier molecular flexibility index (Phi) is 3.98. The van der Waals surface area contributed by atoms with Gasteiger partial charge in [-0.1, -0.05) is 12.1 Å². The van der Waals surface area contributed by atoms with Gasteiger partial charge in [0.05, 0.1) is 6.42 Å². The Bertz CT molecular complexity index is 533. The van der Waals surface area contributed by atoms with E-state index < -0.39 is 0 Å². The molecule has 0 N–H and O–H groups in total. The van der Waals surface area contributed by atoms with Gasteiger partial charge in [0, 0.05) is 18.6 Å². The number of benzene rings is 1. The maximum Gasteiger partial charge on any atom is 0.227 e. The molecule has 21 heavy (non-hydrogen) atoms. The standard InChI is InChI=1S/C17H23FN2O/c1-19-9-3-7-17(19)8-4-10-20(13-17)16(21)12-14-5-2-6-15(18)11-14/h2,5-6,11H,3-4,7-10,12-13H2,1H3. The Balaban J connectivity index is 1.67. The maximum atomic E-state index is 13.2. The fraction of sp³-hybridized carbons (Fsp3) is 0.588. The number of likely N-dealkylation sites (N-methyl/N-ethyl adjacent to an activating group) is 1. The first-order chi connectivity index (χ1) is 10.1. The number of likely N-dealkylation sites (tertiary alicyclic amines) is 2. The van der Waals surface area contributed by atoms with Crippen molar-refractivity contribution in [3.63, 3.8) is 0 Å². The van der Waals surface area contributed by atoms with E-state index in [0.717, 1.165) is 31.6 Å². The van der Waals surface area contributed by atoms with Gasteiger partial charge in [-0.25, -0.2) is 4.39 Å². The van der Waals surface area contributed by atoms with Gasteiger partial charge >= 0.3 is 0 Å². The van der Waals surface area contributed by atoms with Crippen LogP contribution in [0.4, 0.5) is 4.39 Å². The molecule has 1 atom stereocenters. The topological polar surface area (TPSA) is 23.6 Å². The summed E-state index contributed by atoms with van der Waals surface area (Å²) >= 11 is 0. The molecule has 1 aromatic carbocycles. The third-order valence-corrected chi connectivity index (χ3v) is 5.10. The number of carbonyl (C=O) groups is 1. The number of carbonyl (C=O) groups excluding carboxylic acids is 1. The van der Waals surface area contributed by atoms with E-state index in [-0.39, 0.29) is 17.3 Å². The van der Waals surface area contributed by atoms with Crippen molar-refractivity contribution in [3.05, 3.63) is 35.6 Å². The fourth-order valence-corrected chi connectivity index (χ4v) is 3.85. The Hall–Kier alpha value is -1.42. The van der Waals surface area contributed by atoms with E-state index >= 15 is 0 Å². The summed E-state index contributed by atoms with van der Waals surface area (Å²) in [5.41, 5.74) is 0.954. The van der Waals surface area contributed by atoms with Gasteiger partial charge in [-0.15, -0.1) is 0 Å². The average molecular weight is 290 g/mol. The largest absolute Gasteiger partial charge is 0.341 e. The average Bonchev–Trinajstić information content (AvgIpc) is 2.80. The number of hydrogen-bond donors (Lipinski definition) is 0. The summed E-state index contributed by atoms with van der Waals surface area (Å²) in [6.07, 6.45) is 4.97. The Morgan fingerprint density at radius 2 is 2.05 bits per heavy atom. The minimum absolute atomic E-state index is 0.125. The molecule has 1 aromatic rings. The van der Waals surface area contributed by atoms with Gasteiger partial charge in [-0.2, -0.15) is 0 Å². The molecule has 0 aromatic heterocycles. The molecule has 1 amide bonds. The first kappa shape index (κ1) is 14.5. The van der Waals surface area contributed by atoms with Crippen LogP contribution in [0.1, 0.15) is 31.2 Å². The van der Waals surface area contributed by atoms with Crippen LogP contribution < -0.4 is 0 Å². The lowest BCUT2D eigenvalue weighted by Crippen LogP contribution is -2.55. The quantitative estimate of drug-likeness (QED) is 0.835. The van der Waals surface area contributed by atoms with Gasteiger partial charge in [-0.05, 0) is 57.0 Å². The predicted octanol–water partition coefficient (Wildman–Crippen LogP) is 2.46. The summed E-state index contributed by atoms with van der Waals surface area (Å²) in [6, 6.07) is 6.36. The summed E-state index contributed by atoms with van der Waals surface area (Å²) < 4.78 is 13.2. The van der Waals surface area contributed by atoms with E-state index in [0.29, 0.717) is 6.42 Å². The molecule has 3 rings (SSSR count). The van der Waals surface area contributed by atoms with E-state index in [2.05, 4.69) is 11.9 Å². The van der Waals surface area contributed by atoms with Gasteiger partial charge < -0.3 is 4.90 Å². The second kappa shape index (κ2) is 5.76. The molecule has 2 aliphatic rings. The zero-order chi connectivity index (χ0) is 14.9. The lowest BCUT2D eigenvalue weighted by atomic mass is 9.86.